The van der Waals surface area contributed by atoms with Gasteiger partial charge in [0.15, 0.2) is 0 Å². The molecule has 2 N–H and O–H groups in total. The van der Waals surface area contributed by atoms with Crippen molar-refractivity contribution in [2.75, 3.05) is 0 Å². The molecule has 0 heterocycles. The van der Waals surface area contributed by atoms with Crippen LogP contribution in [0, 0.1) is 21.7 Å². The third kappa shape index (κ3) is 7.38. The van der Waals surface area contributed by atoms with Crippen molar-refractivity contribution in [3.63, 3.8) is 0 Å². The zero-order chi connectivity index (χ0) is 24.1. The molecule has 0 unspecified atom stereocenters. The first-order chi connectivity index (χ1) is 12.2. The molecule has 0 aliphatic carbocycles. The van der Waals surface area contributed by atoms with Gasteiger partial charge in [0, 0.05) is 0 Å². The Morgan fingerprint density at radius 1 is 0.379 bits per heavy atom. The van der Waals surface area contributed by atoms with Gasteiger partial charge in [-0.25, -0.2) is 0 Å². The van der Waals surface area contributed by atoms with E-state index in [0.29, 0.717) is 12.1 Å². The summed E-state index contributed by atoms with van der Waals surface area (Å²) in [6.45, 7) is 43.8. The van der Waals surface area contributed by atoms with Crippen LogP contribution in [0.25, 0.3) is 0 Å². The average Bonchev–Trinajstić information content (AvgIpc) is 2.28. The van der Waals surface area contributed by atoms with E-state index in [9.17, 15) is 0 Å². The van der Waals surface area contributed by atoms with Crippen molar-refractivity contribution >= 4 is 18.9 Å². The van der Waals surface area contributed by atoms with Crippen molar-refractivity contribution in [3.05, 3.63) is 0 Å². The Morgan fingerprint density at radius 3 is 0.655 bits per heavy atom. The Balaban J connectivity index is 6.89. The summed E-state index contributed by atoms with van der Waals surface area (Å²) >= 11 is -3.29. The summed E-state index contributed by atoms with van der Waals surface area (Å²) in [5, 5.41) is 0. The normalized spacial score (nSPS) is 16.1. The van der Waals surface area contributed by atoms with Crippen LogP contribution in [0.2, 0.25) is 6.86 Å². The Hall–Kier alpha value is 0.719. The van der Waals surface area contributed by atoms with Gasteiger partial charge >= 0.3 is 191 Å². The molecule has 0 fully saturated rings. The van der Waals surface area contributed by atoms with Crippen LogP contribution in [0.3, 0.4) is 0 Å². The summed E-state index contributed by atoms with van der Waals surface area (Å²) in [7, 11) is 0. The number of hydrogen-bond donors (Lipinski definition) is 2. The van der Waals surface area contributed by atoms with Crippen molar-refractivity contribution in [3.8, 4) is 0 Å². The van der Waals surface area contributed by atoms with Gasteiger partial charge in [0.2, 0.25) is 0 Å². The molecule has 0 aliphatic heterocycles. The number of nitrogens with one attached hydrogen (secondary N) is 2. The van der Waals surface area contributed by atoms with Gasteiger partial charge in [0.25, 0.3) is 0 Å². The predicted molar refractivity (Wildman–Crippen MR) is 137 cm³/mol. The third-order valence-corrected chi connectivity index (χ3v) is 23.4. The van der Waals surface area contributed by atoms with Gasteiger partial charge in [-0.15, -0.1) is 0 Å². The van der Waals surface area contributed by atoms with E-state index in [1.54, 1.807) is 0 Å². The van der Waals surface area contributed by atoms with E-state index in [2.05, 4.69) is 132 Å². The summed E-state index contributed by atoms with van der Waals surface area (Å²) in [6.07, 6.45) is 0. The van der Waals surface area contributed by atoms with Gasteiger partial charge in [-0.1, -0.05) is 0 Å². The first-order valence-corrected chi connectivity index (χ1v) is 17.4. The minimum atomic E-state index is -3.29. The van der Waals surface area contributed by atoms with Gasteiger partial charge in [-0.05, 0) is 0 Å². The molecular weight excluding hydrogens is 459 g/mol. The van der Waals surface area contributed by atoms with E-state index in [1.165, 1.54) is 0 Å². The molecule has 0 saturated carbocycles. The average molecular weight is 517 g/mol. The van der Waals surface area contributed by atoms with Crippen molar-refractivity contribution in [2.24, 2.45) is 21.7 Å². The molecule has 0 saturated heterocycles. The molecule has 29 heavy (non-hydrogen) atoms. The van der Waals surface area contributed by atoms with Crippen LogP contribution in [0.4, 0.5) is 0 Å². The van der Waals surface area contributed by atoms with Gasteiger partial charge in [-0.3, -0.25) is 0 Å². The van der Waals surface area contributed by atoms with Crippen LogP contribution in [-0.2, 0) is 0 Å². The molecular formula is C26H58N2Sn. The Morgan fingerprint density at radius 2 is 0.552 bits per heavy atom. The van der Waals surface area contributed by atoms with E-state index in [4.69, 9.17) is 0 Å². The van der Waals surface area contributed by atoms with Crippen molar-refractivity contribution in [1.82, 2.24) is 7.08 Å². The summed E-state index contributed by atoms with van der Waals surface area (Å²) in [4.78, 5) is 0. The number of hydrogen-bond acceptors (Lipinski definition) is 2. The molecule has 0 radical (unpaired) electrons. The monoisotopic (exact) mass is 518 g/mol. The van der Waals surface area contributed by atoms with E-state index in [0.717, 1.165) is 0 Å². The first-order valence-electron chi connectivity index (χ1n) is 11.7. The van der Waals surface area contributed by atoms with Crippen LogP contribution in [-0.4, -0.2) is 31.0 Å². The van der Waals surface area contributed by atoms with Crippen molar-refractivity contribution in [2.45, 2.75) is 144 Å². The molecule has 0 atom stereocenters. The zero-order valence-corrected chi connectivity index (χ0v) is 26.5. The molecule has 176 valence electrons. The Bertz CT molecular complexity index is 444. The second-order valence-corrected chi connectivity index (χ2v) is 30.4. The fourth-order valence-corrected chi connectivity index (χ4v) is 24.9. The van der Waals surface area contributed by atoms with E-state index in [-0.39, 0.29) is 28.5 Å². The molecule has 0 aromatic carbocycles. The van der Waals surface area contributed by atoms with Crippen LogP contribution >= 0.6 is 0 Å². The van der Waals surface area contributed by atoms with E-state index < -0.39 is 18.9 Å². The fraction of sp³-hybridized carbons (Fsp3) is 1.00. The quantitative estimate of drug-likeness (QED) is 0.368. The molecule has 0 amide bonds. The molecule has 2 nitrogen and oxygen atoms in total. The van der Waals surface area contributed by atoms with Crippen LogP contribution in [0.1, 0.15) is 125 Å². The van der Waals surface area contributed by atoms with Gasteiger partial charge in [0.05, 0.1) is 0 Å². The standard InChI is InChI=1S/2C9H20N.2C4H9.Sn/c2*1-8(2,3)7(10)9(4,5)6;2*1-4(2)3;/h2*7,10H,1-6H3;2*1-3H3;/q2*-1;;;+2. The zero-order valence-electron chi connectivity index (χ0n) is 23.7. The first kappa shape index (κ1) is 29.7. The van der Waals surface area contributed by atoms with Crippen LogP contribution in [0.15, 0.2) is 0 Å². The summed E-state index contributed by atoms with van der Waals surface area (Å²) in [6, 6.07) is 0.884. The number of rotatable bonds is 4. The second kappa shape index (κ2) is 8.58. The molecule has 3 heteroatoms. The molecule has 0 bridgehead atoms. The van der Waals surface area contributed by atoms with Gasteiger partial charge < -0.3 is 0 Å². The van der Waals surface area contributed by atoms with Crippen LogP contribution < -0.4 is 7.08 Å². The van der Waals surface area contributed by atoms with E-state index >= 15 is 0 Å². The van der Waals surface area contributed by atoms with Crippen molar-refractivity contribution < 1.29 is 0 Å². The van der Waals surface area contributed by atoms with Gasteiger partial charge in [-0.2, -0.15) is 0 Å². The molecule has 0 aromatic heterocycles. The SMILES string of the molecule is CC(C)(C)C([NH][Sn]([NH]C(C(C)(C)C)C(C)(C)C)([C](C)(C)C)[C](C)(C)C)C(C)(C)C. The van der Waals surface area contributed by atoms with Gasteiger partial charge in [0.1, 0.15) is 0 Å². The summed E-state index contributed by atoms with van der Waals surface area (Å²) in [5.74, 6) is 0. The molecule has 0 rings (SSSR count). The Labute approximate surface area is 190 Å². The van der Waals surface area contributed by atoms with Crippen molar-refractivity contribution in [1.29, 1.82) is 0 Å². The minimum absolute atomic E-state index is 0.192. The maximum absolute atomic E-state index is 4.50. The third-order valence-electron chi connectivity index (χ3n) is 6.44. The fourth-order valence-electron chi connectivity index (χ4n) is 5.93. The topological polar surface area (TPSA) is 24.1 Å². The summed E-state index contributed by atoms with van der Waals surface area (Å²) in [5.41, 5.74) is 0.768. The maximum atomic E-state index is 4.50. The van der Waals surface area contributed by atoms with E-state index in [1.807, 2.05) is 0 Å². The second-order valence-electron chi connectivity index (χ2n) is 15.9. The Kier molecular flexibility index (Phi) is 8.79. The summed E-state index contributed by atoms with van der Waals surface area (Å²) < 4.78 is 9.44. The molecule has 0 spiro atoms. The molecule has 0 aliphatic rings. The molecule has 0 aromatic rings. The van der Waals surface area contributed by atoms with Crippen LogP contribution in [0.5, 0.6) is 0 Å². The predicted octanol–water partition coefficient (Wildman–Crippen LogP) is 8.13.